The fourth-order valence-corrected chi connectivity index (χ4v) is 3.93. The number of nitrogens with two attached hydrogens (primary N) is 1. The maximum absolute atomic E-state index is 13.1. The molecule has 3 rings (SSSR count). The van der Waals surface area contributed by atoms with Gasteiger partial charge in [-0.15, -0.1) is 0 Å². The Labute approximate surface area is 225 Å². The Balaban J connectivity index is 1.95. The topological polar surface area (TPSA) is 183 Å². The molecule has 0 bridgehead atoms. The number of nitrogen functional groups attached to an aromatic ring is 1. The van der Waals surface area contributed by atoms with Crippen molar-refractivity contribution in [3.63, 3.8) is 0 Å². The smallest absolute Gasteiger partial charge is 0.336 e. The average molecular weight is 531 g/mol. The summed E-state index contributed by atoms with van der Waals surface area (Å²) >= 11 is 0. The fraction of sp³-hybridized carbons (Fsp3) is 0.207. The predicted molar refractivity (Wildman–Crippen MR) is 147 cm³/mol. The van der Waals surface area contributed by atoms with Gasteiger partial charge >= 0.3 is 11.9 Å². The van der Waals surface area contributed by atoms with Crippen LogP contribution >= 0.6 is 0 Å². The molecule has 0 aliphatic rings. The lowest BCUT2D eigenvalue weighted by Crippen LogP contribution is -2.45. The first-order valence-corrected chi connectivity index (χ1v) is 12.0. The molecule has 7 N–H and O–H groups in total. The van der Waals surface area contributed by atoms with Crippen molar-refractivity contribution in [3.8, 4) is 11.1 Å². The largest absolute Gasteiger partial charge is 0.481 e. The van der Waals surface area contributed by atoms with Crippen molar-refractivity contribution in [1.29, 1.82) is 5.41 Å². The quantitative estimate of drug-likeness (QED) is 0.177. The summed E-state index contributed by atoms with van der Waals surface area (Å²) in [6.07, 6.45) is -0.293. The van der Waals surface area contributed by atoms with Crippen molar-refractivity contribution in [1.82, 2.24) is 5.32 Å². The Bertz CT molecular complexity index is 1440. The van der Waals surface area contributed by atoms with E-state index in [1.54, 1.807) is 69.3 Å². The average Bonchev–Trinajstić information content (AvgIpc) is 2.87. The summed E-state index contributed by atoms with van der Waals surface area (Å²) in [7, 11) is 0. The number of anilines is 1. The van der Waals surface area contributed by atoms with E-state index >= 15 is 0 Å². The second kappa shape index (κ2) is 11.6. The van der Waals surface area contributed by atoms with Gasteiger partial charge in [0.2, 0.25) is 0 Å². The van der Waals surface area contributed by atoms with Crippen molar-refractivity contribution < 1.29 is 29.4 Å². The first-order chi connectivity index (χ1) is 18.3. The highest BCUT2D eigenvalue weighted by atomic mass is 16.4. The Hall–Kier alpha value is -4.99. The molecule has 10 nitrogen and oxygen atoms in total. The first-order valence-electron chi connectivity index (χ1n) is 12.0. The molecule has 0 saturated carbocycles. The third kappa shape index (κ3) is 7.07. The SMILES string of the molecule is CC(C)(C)C(CC(=O)O)NC(=O)c1ccc(-c2ccccc2C(=O)Nc2ccc(C(=N)N)cc2)c(C(=O)O)c1. The van der Waals surface area contributed by atoms with Gasteiger partial charge in [0.1, 0.15) is 5.84 Å². The number of hydrogen-bond acceptors (Lipinski definition) is 5. The molecule has 0 heterocycles. The van der Waals surface area contributed by atoms with Gasteiger partial charge in [-0.05, 0) is 59.0 Å². The van der Waals surface area contributed by atoms with Crippen LogP contribution in [-0.2, 0) is 4.79 Å². The first kappa shape index (κ1) is 28.6. The molecule has 39 heavy (non-hydrogen) atoms. The molecule has 0 spiro atoms. The Morgan fingerprint density at radius 3 is 2.00 bits per heavy atom. The van der Waals surface area contributed by atoms with Crippen molar-refractivity contribution in [2.24, 2.45) is 11.1 Å². The van der Waals surface area contributed by atoms with Gasteiger partial charge in [0, 0.05) is 28.4 Å². The van der Waals surface area contributed by atoms with E-state index in [0.29, 0.717) is 16.8 Å². The number of carbonyl (C=O) groups is 4. The number of aromatic carboxylic acids is 1. The highest BCUT2D eigenvalue weighted by Crippen LogP contribution is 2.30. The molecular weight excluding hydrogens is 500 g/mol. The van der Waals surface area contributed by atoms with Gasteiger partial charge in [0.15, 0.2) is 0 Å². The number of benzene rings is 3. The summed E-state index contributed by atoms with van der Waals surface area (Å²) < 4.78 is 0. The third-order valence-corrected chi connectivity index (χ3v) is 6.16. The maximum atomic E-state index is 13.1. The molecule has 1 atom stereocenters. The standard InChI is InChI=1S/C29H30N4O6/c1-29(2,3)23(15-24(34)35)33-26(36)17-10-13-20(22(14-17)28(38)39)19-6-4-5-7-21(19)27(37)32-18-11-8-16(9-12-18)25(30)31/h4-14,23H,15H2,1-3H3,(H3,30,31)(H,32,37)(H,33,36)(H,34,35)(H,38,39). The lowest BCUT2D eigenvalue weighted by molar-refractivity contribution is -0.138. The number of aliphatic carboxylic acids is 1. The minimum Gasteiger partial charge on any atom is -0.481 e. The number of rotatable bonds is 9. The van der Waals surface area contributed by atoms with Gasteiger partial charge in [0.25, 0.3) is 11.8 Å². The zero-order valence-electron chi connectivity index (χ0n) is 21.7. The zero-order valence-corrected chi connectivity index (χ0v) is 21.7. The molecule has 0 saturated heterocycles. The number of amides is 2. The number of carboxylic acid groups (broad SMARTS) is 2. The normalized spacial score (nSPS) is 11.8. The fourth-order valence-electron chi connectivity index (χ4n) is 3.93. The zero-order chi connectivity index (χ0) is 28.9. The molecule has 0 aromatic heterocycles. The van der Waals surface area contributed by atoms with Gasteiger partial charge in [0.05, 0.1) is 12.0 Å². The molecule has 0 aliphatic carbocycles. The molecule has 0 aliphatic heterocycles. The van der Waals surface area contributed by atoms with Crippen molar-refractivity contribution in [3.05, 3.63) is 89.0 Å². The maximum Gasteiger partial charge on any atom is 0.336 e. The Morgan fingerprint density at radius 2 is 1.44 bits per heavy atom. The predicted octanol–water partition coefficient (Wildman–Crippen LogP) is 4.21. The molecule has 202 valence electrons. The number of carbonyl (C=O) groups excluding carboxylic acids is 2. The summed E-state index contributed by atoms with van der Waals surface area (Å²) in [5, 5.41) is 32.1. The summed E-state index contributed by atoms with van der Waals surface area (Å²) in [5.74, 6) is -3.56. The number of carboxylic acids is 2. The molecule has 3 aromatic carbocycles. The number of nitrogens with one attached hydrogen (secondary N) is 3. The minimum absolute atomic E-state index is 0.0447. The summed E-state index contributed by atoms with van der Waals surface area (Å²) in [6.45, 7) is 5.39. The van der Waals surface area contributed by atoms with E-state index in [4.69, 9.17) is 11.1 Å². The van der Waals surface area contributed by atoms with Gasteiger partial charge in [-0.3, -0.25) is 19.8 Å². The Kier molecular flexibility index (Phi) is 8.50. The molecule has 0 radical (unpaired) electrons. The second-order valence-corrected chi connectivity index (χ2v) is 10.0. The molecular formula is C29H30N4O6. The van der Waals surface area contributed by atoms with Gasteiger partial charge in [-0.2, -0.15) is 0 Å². The highest BCUT2D eigenvalue weighted by molar-refractivity contribution is 6.11. The van der Waals surface area contributed by atoms with Crippen LogP contribution in [0.3, 0.4) is 0 Å². The van der Waals surface area contributed by atoms with E-state index < -0.39 is 35.2 Å². The second-order valence-electron chi connectivity index (χ2n) is 10.0. The molecule has 0 fully saturated rings. The van der Waals surface area contributed by atoms with E-state index in [1.165, 1.54) is 18.2 Å². The van der Waals surface area contributed by atoms with Crippen LogP contribution in [0.15, 0.2) is 66.7 Å². The van der Waals surface area contributed by atoms with Gasteiger partial charge in [-0.25, -0.2) is 4.79 Å². The monoisotopic (exact) mass is 530 g/mol. The van der Waals surface area contributed by atoms with Crippen molar-refractivity contribution >= 4 is 35.3 Å². The minimum atomic E-state index is -1.30. The van der Waals surface area contributed by atoms with Crippen LogP contribution in [0.1, 0.15) is 63.8 Å². The van der Waals surface area contributed by atoms with E-state index in [2.05, 4.69) is 10.6 Å². The lowest BCUT2D eigenvalue weighted by atomic mass is 9.84. The van der Waals surface area contributed by atoms with Crippen LogP contribution in [0, 0.1) is 10.8 Å². The van der Waals surface area contributed by atoms with Crippen molar-refractivity contribution in [2.75, 3.05) is 5.32 Å². The van der Waals surface area contributed by atoms with E-state index in [1.807, 2.05) is 0 Å². The van der Waals surface area contributed by atoms with Crippen LogP contribution in [0.5, 0.6) is 0 Å². The van der Waals surface area contributed by atoms with Crippen LogP contribution in [0.4, 0.5) is 5.69 Å². The van der Waals surface area contributed by atoms with E-state index in [9.17, 15) is 29.4 Å². The van der Waals surface area contributed by atoms with Crippen molar-refractivity contribution in [2.45, 2.75) is 33.2 Å². The van der Waals surface area contributed by atoms with Crippen LogP contribution in [0.2, 0.25) is 0 Å². The summed E-state index contributed by atoms with van der Waals surface area (Å²) in [5.41, 5.74) is 6.51. The van der Waals surface area contributed by atoms with Crippen LogP contribution < -0.4 is 16.4 Å². The molecule has 3 aromatic rings. The molecule has 1 unspecified atom stereocenters. The molecule has 2 amide bonds. The van der Waals surface area contributed by atoms with Gasteiger partial charge < -0.3 is 26.6 Å². The lowest BCUT2D eigenvalue weighted by Gasteiger charge is -2.30. The summed E-state index contributed by atoms with van der Waals surface area (Å²) in [6, 6.07) is 16.3. The Morgan fingerprint density at radius 1 is 0.846 bits per heavy atom. The summed E-state index contributed by atoms with van der Waals surface area (Å²) in [4.78, 5) is 49.6. The third-order valence-electron chi connectivity index (χ3n) is 6.16. The number of amidine groups is 1. The highest BCUT2D eigenvalue weighted by Gasteiger charge is 2.29. The van der Waals surface area contributed by atoms with Crippen LogP contribution in [-0.4, -0.2) is 45.8 Å². The molecule has 10 heteroatoms. The van der Waals surface area contributed by atoms with E-state index in [-0.39, 0.29) is 34.5 Å². The van der Waals surface area contributed by atoms with E-state index in [0.717, 1.165) is 0 Å². The van der Waals surface area contributed by atoms with Gasteiger partial charge in [-0.1, -0.05) is 45.0 Å². The van der Waals surface area contributed by atoms with Crippen LogP contribution in [0.25, 0.3) is 11.1 Å². The number of hydrogen-bond donors (Lipinski definition) is 6.